The number of hydrogen-bond acceptors (Lipinski definition) is 7. The minimum absolute atomic E-state index is 0.00448. The van der Waals surface area contributed by atoms with E-state index in [0.29, 0.717) is 12.5 Å². The van der Waals surface area contributed by atoms with Gasteiger partial charge in [0.05, 0.1) is 25.9 Å². The van der Waals surface area contributed by atoms with Crippen molar-refractivity contribution in [3.63, 3.8) is 0 Å². The van der Waals surface area contributed by atoms with Crippen molar-refractivity contribution in [2.24, 2.45) is 5.92 Å². The van der Waals surface area contributed by atoms with Crippen molar-refractivity contribution in [2.75, 3.05) is 20.2 Å². The third-order valence-electron chi connectivity index (χ3n) is 10.7. The first-order valence-electron chi connectivity index (χ1n) is 19.1. The zero-order valence-electron chi connectivity index (χ0n) is 31.4. The minimum Gasteiger partial charge on any atom is -0.467 e. The van der Waals surface area contributed by atoms with Crippen molar-refractivity contribution in [3.05, 3.63) is 144 Å². The fourth-order valence-corrected chi connectivity index (χ4v) is 7.67. The smallest absolute Gasteiger partial charge is 0.328 e. The normalized spacial score (nSPS) is 20.7. The van der Waals surface area contributed by atoms with Crippen LogP contribution in [0, 0.1) is 5.92 Å². The highest BCUT2D eigenvalue weighted by molar-refractivity contribution is 5.83. The number of aliphatic hydroxyl groups is 1. The number of nitrogens with one attached hydrogen (secondary N) is 2. The molecule has 6 rings (SSSR count). The molecule has 3 N–H and O–H groups in total. The highest BCUT2D eigenvalue weighted by Gasteiger charge is 2.40. The van der Waals surface area contributed by atoms with Crippen molar-refractivity contribution in [1.82, 2.24) is 15.5 Å². The topological polar surface area (TPSA) is 109 Å². The van der Waals surface area contributed by atoms with Crippen LogP contribution in [0.2, 0.25) is 0 Å². The summed E-state index contributed by atoms with van der Waals surface area (Å²) in [6.45, 7) is 8.14. The van der Waals surface area contributed by atoms with Crippen LogP contribution < -0.4 is 10.6 Å². The number of carbonyl (C=O) groups is 2. The molecule has 5 atom stereocenters. The second-order valence-corrected chi connectivity index (χ2v) is 14.4. The predicted molar refractivity (Wildman–Crippen MR) is 210 cm³/mol. The van der Waals surface area contributed by atoms with Crippen molar-refractivity contribution >= 4 is 12.0 Å². The monoisotopic (exact) mass is 731 g/mol. The maximum absolute atomic E-state index is 12.9. The van der Waals surface area contributed by atoms with E-state index >= 15 is 0 Å². The van der Waals surface area contributed by atoms with Crippen molar-refractivity contribution in [1.29, 1.82) is 0 Å². The zero-order chi connectivity index (χ0) is 37.9. The molecule has 2 aliphatic rings. The van der Waals surface area contributed by atoms with Crippen LogP contribution in [0.15, 0.2) is 116 Å². The first-order valence-corrected chi connectivity index (χ1v) is 19.1. The fourth-order valence-electron chi connectivity index (χ4n) is 7.67. The van der Waals surface area contributed by atoms with E-state index < -0.39 is 24.3 Å². The standard InChI is InChI=1S/C45H53N3O6/c1-4-24-48(39-18-8-9-19-39)29-41-31(2)42(35-22-20-33(30-49)21-23-35)54-44(53-41)38-17-11-16-37(27-38)36-15-10-14-34(25-36)28-46-45(51)47-40(43(50)52-3)26-32-12-6-5-7-13-32/h4-7,10-17,20-23,25,27,31,39-42,44,49H,1,8-9,18-19,24,26,28-30H2,2-3H3,(H2,46,47,51)/t31-,40+,41+,42+,44+/m1/s1. The number of esters is 1. The molecule has 1 saturated heterocycles. The Morgan fingerprint density at radius 3 is 2.30 bits per heavy atom. The zero-order valence-corrected chi connectivity index (χ0v) is 31.4. The van der Waals surface area contributed by atoms with Gasteiger partial charge < -0.3 is 30.0 Å². The number of hydrogen-bond donors (Lipinski definition) is 3. The molecule has 0 aromatic heterocycles. The molecule has 2 amide bonds. The first kappa shape index (κ1) is 38.9. The second-order valence-electron chi connectivity index (χ2n) is 14.4. The van der Waals surface area contributed by atoms with Gasteiger partial charge in [-0.05, 0) is 58.4 Å². The molecule has 1 aliphatic heterocycles. The van der Waals surface area contributed by atoms with Crippen LogP contribution in [0.4, 0.5) is 4.79 Å². The van der Waals surface area contributed by atoms with E-state index in [1.807, 2.05) is 72.8 Å². The number of nitrogens with zero attached hydrogens (tertiary/aromatic N) is 1. The van der Waals surface area contributed by atoms with Gasteiger partial charge in [0, 0.05) is 43.6 Å². The minimum atomic E-state index is -0.814. The Hall–Kier alpha value is -4.80. The van der Waals surface area contributed by atoms with Gasteiger partial charge in [0.2, 0.25) is 0 Å². The van der Waals surface area contributed by atoms with Crippen LogP contribution in [0.1, 0.15) is 72.8 Å². The molecule has 9 nitrogen and oxygen atoms in total. The van der Waals surface area contributed by atoms with Gasteiger partial charge in [-0.25, -0.2) is 9.59 Å². The maximum atomic E-state index is 12.9. The lowest BCUT2D eigenvalue weighted by Gasteiger charge is -2.43. The Balaban J connectivity index is 1.17. The van der Waals surface area contributed by atoms with E-state index in [4.69, 9.17) is 14.2 Å². The maximum Gasteiger partial charge on any atom is 0.328 e. The van der Waals surface area contributed by atoms with Gasteiger partial charge >= 0.3 is 12.0 Å². The van der Waals surface area contributed by atoms with Gasteiger partial charge in [-0.2, -0.15) is 0 Å². The highest BCUT2D eigenvalue weighted by atomic mass is 16.7. The van der Waals surface area contributed by atoms with E-state index in [-0.39, 0.29) is 31.3 Å². The van der Waals surface area contributed by atoms with Crippen LogP contribution in [-0.4, -0.2) is 60.4 Å². The van der Waals surface area contributed by atoms with Crippen molar-refractivity contribution in [3.8, 4) is 11.1 Å². The number of benzene rings is 4. The van der Waals surface area contributed by atoms with Crippen LogP contribution in [-0.2, 0) is 38.6 Å². The molecule has 0 unspecified atom stereocenters. The predicted octanol–water partition coefficient (Wildman–Crippen LogP) is 7.65. The molecule has 2 fully saturated rings. The Morgan fingerprint density at radius 2 is 1.59 bits per heavy atom. The molecule has 1 aliphatic carbocycles. The third-order valence-corrected chi connectivity index (χ3v) is 10.7. The Bertz CT molecular complexity index is 1830. The number of rotatable bonds is 15. The molecule has 0 spiro atoms. The number of ether oxygens (including phenoxy) is 3. The number of amides is 2. The summed E-state index contributed by atoms with van der Waals surface area (Å²) in [5.74, 6) is -0.419. The summed E-state index contributed by atoms with van der Waals surface area (Å²) in [6, 6.07) is 33.1. The molecular formula is C45H53N3O6. The Kier molecular flexibility index (Phi) is 13.7. The van der Waals surface area contributed by atoms with Crippen LogP contribution in [0.25, 0.3) is 11.1 Å². The third kappa shape index (κ3) is 10.0. The highest BCUT2D eigenvalue weighted by Crippen LogP contribution is 2.43. The van der Waals surface area contributed by atoms with Gasteiger partial charge in [-0.15, -0.1) is 6.58 Å². The van der Waals surface area contributed by atoms with Gasteiger partial charge in [0.15, 0.2) is 6.29 Å². The van der Waals surface area contributed by atoms with Gasteiger partial charge in [-0.1, -0.05) is 117 Å². The molecule has 9 heteroatoms. The number of aliphatic hydroxyl groups excluding tert-OH is 1. The number of methoxy groups -OCH3 is 1. The van der Waals surface area contributed by atoms with Crippen LogP contribution >= 0.6 is 0 Å². The van der Waals surface area contributed by atoms with E-state index in [2.05, 4.69) is 65.4 Å². The largest absolute Gasteiger partial charge is 0.467 e. The van der Waals surface area contributed by atoms with E-state index in [1.54, 1.807) is 0 Å². The lowest BCUT2D eigenvalue weighted by Crippen LogP contribution is -2.47. The fraction of sp³-hybridized carbons (Fsp3) is 0.378. The van der Waals surface area contributed by atoms with Crippen LogP contribution in [0.5, 0.6) is 0 Å². The summed E-state index contributed by atoms with van der Waals surface area (Å²) in [5, 5.41) is 15.3. The molecule has 0 bridgehead atoms. The molecule has 4 aromatic carbocycles. The summed E-state index contributed by atoms with van der Waals surface area (Å²) in [5.41, 5.74) is 6.67. The summed E-state index contributed by atoms with van der Waals surface area (Å²) < 4.78 is 18.6. The van der Waals surface area contributed by atoms with Gasteiger partial charge in [0.1, 0.15) is 6.04 Å². The number of urea groups is 1. The van der Waals surface area contributed by atoms with Gasteiger partial charge in [-0.3, -0.25) is 4.90 Å². The SMILES string of the molecule is C=CCN(C[C@@H]1O[C@H](c2cccc(-c3cccc(CNC(=O)N[C@@H](Cc4ccccc4)C(=O)OC)c3)c2)O[C@H](c2ccc(CO)cc2)[C@@H]1C)C1CCCC1. The van der Waals surface area contributed by atoms with Crippen molar-refractivity contribution in [2.45, 2.75) is 82.8 Å². The lowest BCUT2D eigenvalue weighted by molar-refractivity contribution is -0.276. The molecule has 54 heavy (non-hydrogen) atoms. The summed E-state index contributed by atoms with van der Waals surface area (Å²) >= 11 is 0. The second kappa shape index (κ2) is 19.0. The Morgan fingerprint density at radius 1 is 0.889 bits per heavy atom. The average Bonchev–Trinajstić information content (AvgIpc) is 3.76. The quantitative estimate of drug-likeness (QED) is 0.0852. The van der Waals surface area contributed by atoms with Crippen molar-refractivity contribution < 1.29 is 28.9 Å². The average molecular weight is 732 g/mol. The molecule has 284 valence electrons. The molecular weight excluding hydrogens is 679 g/mol. The molecule has 4 aromatic rings. The van der Waals surface area contributed by atoms with E-state index in [1.165, 1.54) is 32.8 Å². The summed E-state index contributed by atoms with van der Waals surface area (Å²) in [6.07, 6.45) is 6.36. The van der Waals surface area contributed by atoms with Crippen LogP contribution in [0.3, 0.4) is 0 Å². The number of carbonyl (C=O) groups excluding carboxylic acids is 2. The Labute approximate surface area is 319 Å². The molecule has 1 saturated carbocycles. The first-order chi connectivity index (χ1) is 26.3. The summed E-state index contributed by atoms with van der Waals surface area (Å²) in [7, 11) is 1.32. The lowest BCUT2D eigenvalue weighted by atomic mass is 9.89. The molecule has 1 heterocycles. The summed E-state index contributed by atoms with van der Waals surface area (Å²) in [4.78, 5) is 27.9. The van der Waals surface area contributed by atoms with E-state index in [9.17, 15) is 14.7 Å². The van der Waals surface area contributed by atoms with E-state index in [0.717, 1.165) is 52.0 Å². The van der Waals surface area contributed by atoms with Gasteiger partial charge in [0.25, 0.3) is 0 Å². The molecule has 0 radical (unpaired) electrons.